The van der Waals surface area contributed by atoms with Crippen LogP contribution in [0.2, 0.25) is 0 Å². The van der Waals surface area contributed by atoms with E-state index in [0.29, 0.717) is 17.9 Å². The van der Waals surface area contributed by atoms with Crippen LogP contribution in [0.3, 0.4) is 0 Å². The van der Waals surface area contributed by atoms with Crippen molar-refractivity contribution in [3.63, 3.8) is 0 Å². The van der Waals surface area contributed by atoms with Crippen molar-refractivity contribution in [1.82, 2.24) is 10.5 Å². The van der Waals surface area contributed by atoms with Gasteiger partial charge in [-0.15, -0.1) is 0 Å². The molecule has 0 fully saturated rings. The minimum atomic E-state index is -0.137. The molecule has 0 unspecified atom stereocenters. The summed E-state index contributed by atoms with van der Waals surface area (Å²) < 4.78 is 5.05. The van der Waals surface area contributed by atoms with Gasteiger partial charge in [0.1, 0.15) is 0 Å². The van der Waals surface area contributed by atoms with E-state index in [1.807, 2.05) is 32.0 Å². The Hall–Kier alpha value is -2.30. The molecule has 5 heteroatoms. The summed E-state index contributed by atoms with van der Waals surface area (Å²) in [4.78, 5) is 12.1. The molecule has 0 aliphatic rings. The number of aromatic nitrogens is 1. The van der Waals surface area contributed by atoms with Crippen LogP contribution in [-0.2, 0) is 6.54 Å². The maximum absolute atomic E-state index is 12.1. The van der Waals surface area contributed by atoms with Crippen LogP contribution in [0.15, 0.2) is 28.8 Å². The van der Waals surface area contributed by atoms with Gasteiger partial charge in [-0.25, -0.2) is 0 Å². The number of amides is 1. The second kappa shape index (κ2) is 5.56. The highest BCUT2D eigenvalue weighted by Crippen LogP contribution is 2.16. The van der Waals surface area contributed by atoms with Gasteiger partial charge in [0.05, 0.1) is 17.8 Å². The summed E-state index contributed by atoms with van der Waals surface area (Å²) in [5.74, 6) is 0.506. The Morgan fingerprint density at radius 2 is 2.11 bits per heavy atom. The van der Waals surface area contributed by atoms with E-state index in [4.69, 9.17) is 4.52 Å². The summed E-state index contributed by atoms with van der Waals surface area (Å²) in [7, 11) is 1.79. The maximum Gasteiger partial charge on any atom is 0.253 e. The zero-order valence-corrected chi connectivity index (χ0v) is 11.3. The third-order valence-electron chi connectivity index (χ3n) is 2.79. The largest absolute Gasteiger partial charge is 0.387 e. The first kappa shape index (κ1) is 13.1. The molecule has 2 rings (SSSR count). The van der Waals surface area contributed by atoms with Crippen molar-refractivity contribution in [2.24, 2.45) is 0 Å². The minimum absolute atomic E-state index is 0.137. The lowest BCUT2D eigenvalue weighted by molar-refractivity contribution is 0.0948. The molecule has 2 N–H and O–H groups in total. The number of rotatable bonds is 4. The summed E-state index contributed by atoms with van der Waals surface area (Å²) in [5, 5.41) is 9.60. The van der Waals surface area contributed by atoms with E-state index in [9.17, 15) is 4.79 Å². The Morgan fingerprint density at radius 3 is 2.74 bits per heavy atom. The van der Waals surface area contributed by atoms with E-state index >= 15 is 0 Å². The van der Waals surface area contributed by atoms with E-state index in [1.54, 1.807) is 13.1 Å². The molecule has 0 aliphatic heterocycles. The number of benzene rings is 1. The van der Waals surface area contributed by atoms with Crippen LogP contribution in [0.1, 0.15) is 27.4 Å². The second-order valence-electron chi connectivity index (χ2n) is 4.42. The van der Waals surface area contributed by atoms with Crippen molar-refractivity contribution in [1.29, 1.82) is 0 Å². The predicted molar refractivity (Wildman–Crippen MR) is 73.1 cm³/mol. The Kier molecular flexibility index (Phi) is 3.85. The van der Waals surface area contributed by atoms with Crippen molar-refractivity contribution in [3.05, 3.63) is 46.8 Å². The number of nitrogens with one attached hydrogen (secondary N) is 2. The third kappa shape index (κ3) is 3.13. The standard InChI is InChI=1S/C14H17N3O2/c1-9-4-5-13(15-3)12(6-9)14(18)16-8-11-7-10(2)17-19-11/h4-7,15H,8H2,1-3H3,(H,16,18). The predicted octanol–water partition coefficient (Wildman–Crippen LogP) is 2.26. The fourth-order valence-electron chi connectivity index (χ4n) is 1.83. The molecule has 1 aromatic heterocycles. The molecule has 0 bridgehead atoms. The number of anilines is 1. The van der Waals surface area contributed by atoms with E-state index in [1.165, 1.54) is 0 Å². The van der Waals surface area contributed by atoms with Gasteiger partial charge in [-0.1, -0.05) is 16.8 Å². The second-order valence-corrected chi connectivity index (χ2v) is 4.42. The minimum Gasteiger partial charge on any atom is -0.387 e. The van der Waals surface area contributed by atoms with Gasteiger partial charge in [-0.05, 0) is 26.0 Å². The van der Waals surface area contributed by atoms with Gasteiger partial charge in [0, 0.05) is 18.8 Å². The molecule has 0 aliphatic carbocycles. The highest BCUT2D eigenvalue weighted by Gasteiger charge is 2.11. The summed E-state index contributed by atoms with van der Waals surface area (Å²) in [6, 6.07) is 7.51. The van der Waals surface area contributed by atoms with E-state index in [-0.39, 0.29) is 5.91 Å². The summed E-state index contributed by atoms with van der Waals surface area (Å²) in [5.41, 5.74) is 3.27. The topological polar surface area (TPSA) is 67.2 Å². The number of hydrogen-bond donors (Lipinski definition) is 2. The SMILES string of the molecule is CNc1ccc(C)cc1C(=O)NCc1cc(C)no1. The normalized spacial score (nSPS) is 10.3. The van der Waals surface area contributed by atoms with Crippen LogP contribution in [0.5, 0.6) is 0 Å². The zero-order valence-electron chi connectivity index (χ0n) is 11.3. The number of carbonyl (C=O) groups excluding carboxylic acids is 1. The van der Waals surface area contributed by atoms with Gasteiger partial charge >= 0.3 is 0 Å². The monoisotopic (exact) mass is 259 g/mol. The maximum atomic E-state index is 12.1. The number of aryl methyl sites for hydroxylation is 2. The first-order valence-electron chi connectivity index (χ1n) is 6.09. The molecule has 1 amide bonds. The number of nitrogens with zero attached hydrogens (tertiary/aromatic N) is 1. The highest BCUT2D eigenvalue weighted by atomic mass is 16.5. The van der Waals surface area contributed by atoms with Crippen LogP contribution >= 0.6 is 0 Å². The van der Waals surface area contributed by atoms with Crippen molar-refractivity contribution in [2.75, 3.05) is 12.4 Å². The molecule has 5 nitrogen and oxygen atoms in total. The number of carbonyl (C=O) groups is 1. The van der Waals surface area contributed by atoms with Crippen LogP contribution < -0.4 is 10.6 Å². The van der Waals surface area contributed by atoms with Crippen molar-refractivity contribution >= 4 is 11.6 Å². The molecule has 100 valence electrons. The molecule has 2 aromatic rings. The smallest absolute Gasteiger partial charge is 0.253 e. The van der Waals surface area contributed by atoms with Crippen molar-refractivity contribution in [3.8, 4) is 0 Å². The molecule has 0 saturated carbocycles. The van der Waals surface area contributed by atoms with Gasteiger partial charge in [-0.2, -0.15) is 0 Å². The van der Waals surface area contributed by atoms with Gasteiger partial charge in [-0.3, -0.25) is 4.79 Å². The van der Waals surface area contributed by atoms with Gasteiger partial charge < -0.3 is 15.2 Å². The molecule has 0 spiro atoms. The molecule has 0 saturated heterocycles. The van der Waals surface area contributed by atoms with Crippen LogP contribution in [0.4, 0.5) is 5.69 Å². The van der Waals surface area contributed by atoms with Gasteiger partial charge in [0.25, 0.3) is 5.91 Å². The Labute approximate surface area is 112 Å². The molecule has 0 radical (unpaired) electrons. The molecule has 0 atom stereocenters. The van der Waals surface area contributed by atoms with Crippen molar-refractivity contribution in [2.45, 2.75) is 20.4 Å². The fourth-order valence-corrected chi connectivity index (χ4v) is 1.83. The van der Waals surface area contributed by atoms with Crippen LogP contribution in [0.25, 0.3) is 0 Å². The Bertz CT molecular complexity index is 590. The summed E-state index contributed by atoms with van der Waals surface area (Å²) >= 11 is 0. The highest BCUT2D eigenvalue weighted by molar-refractivity contribution is 5.99. The first-order valence-corrected chi connectivity index (χ1v) is 6.09. The first-order chi connectivity index (χ1) is 9.10. The Morgan fingerprint density at radius 1 is 1.32 bits per heavy atom. The lowest BCUT2D eigenvalue weighted by Gasteiger charge is -2.09. The molecule has 1 aromatic carbocycles. The van der Waals surface area contributed by atoms with E-state index in [2.05, 4.69) is 15.8 Å². The van der Waals surface area contributed by atoms with E-state index < -0.39 is 0 Å². The fraction of sp³-hybridized carbons (Fsp3) is 0.286. The van der Waals surface area contributed by atoms with Gasteiger partial charge in [0.15, 0.2) is 5.76 Å². The molecule has 1 heterocycles. The molecular weight excluding hydrogens is 242 g/mol. The number of hydrogen-bond acceptors (Lipinski definition) is 4. The van der Waals surface area contributed by atoms with Gasteiger partial charge in [0.2, 0.25) is 0 Å². The van der Waals surface area contributed by atoms with Crippen molar-refractivity contribution < 1.29 is 9.32 Å². The average molecular weight is 259 g/mol. The summed E-state index contributed by atoms with van der Waals surface area (Å²) in [6.45, 7) is 4.13. The van der Waals surface area contributed by atoms with Crippen LogP contribution in [-0.4, -0.2) is 18.1 Å². The summed E-state index contributed by atoms with van der Waals surface area (Å²) in [6.07, 6.45) is 0. The van der Waals surface area contributed by atoms with Crippen LogP contribution in [0, 0.1) is 13.8 Å². The van der Waals surface area contributed by atoms with E-state index in [0.717, 1.165) is 16.9 Å². The average Bonchev–Trinajstić information content (AvgIpc) is 2.81. The molecular formula is C14H17N3O2. The third-order valence-corrected chi connectivity index (χ3v) is 2.79. The lowest BCUT2D eigenvalue weighted by atomic mass is 10.1. The quantitative estimate of drug-likeness (QED) is 0.883. The Balaban J connectivity index is 2.09. The zero-order chi connectivity index (χ0) is 13.8. The molecule has 19 heavy (non-hydrogen) atoms. The lowest BCUT2D eigenvalue weighted by Crippen LogP contribution is -2.23.